The van der Waals surface area contributed by atoms with Crippen molar-refractivity contribution in [1.29, 1.82) is 0 Å². The molecule has 1 nitrogen and oxygen atoms in total. The molecule has 0 aromatic heterocycles. The quantitative estimate of drug-likeness (QED) is 0.756. The molecule has 0 spiro atoms. The topological polar surface area (TPSA) is 9.23 Å². The summed E-state index contributed by atoms with van der Waals surface area (Å²) < 4.78 is 6.46. The summed E-state index contributed by atoms with van der Waals surface area (Å²) in [5, 5.41) is 0. The monoisotopic (exact) mass is 306 g/mol. The molecule has 1 aromatic carbocycles. The van der Waals surface area contributed by atoms with E-state index in [2.05, 4.69) is 44.8 Å². The summed E-state index contributed by atoms with van der Waals surface area (Å²) in [4.78, 5) is 0.359. The summed E-state index contributed by atoms with van der Waals surface area (Å²) in [5.74, 6) is 0.909. The molecular formula is C10H12Br2O. The first-order chi connectivity index (χ1) is 6.15. The normalized spacial score (nSPS) is 12.6. The lowest BCUT2D eigenvalue weighted by Gasteiger charge is -2.09. The molecule has 1 atom stereocenters. The van der Waals surface area contributed by atoms with Gasteiger partial charge in [-0.2, -0.15) is 0 Å². The Bertz CT molecular complexity index is 284. The Kier molecular flexibility index (Phi) is 4.26. The van der Waals surface area contributed by atoms with Gasteiger partial charge in [-0.3, -0.25) is 0 Å². The maximum atomic E-state index is 5.38. The Hall–Kier alpha value is -0.0200. The molecule has 0 heterocycles. The number of hydrogen-bond acceptors (Lipinski definition) is 1. The van der Waals surface area contributed by atoms with Gasteiger partial charge in [0.2, 0.25) is 0 Å². The molecule has 1 unspecified atom stereocenters. The molecule has 1 rings (SSSR count). The van der Waals surface area contributed by atoms with Gasteiger partial charge in [0, 0.05) is 9.30 Å². The number of benzene rings is 1. The highest BCUT2D eigenvalue weighted by atomic mass is 79.9. The van der Waals surface area contributed by atoms with Crippen LogP contribution in [0.3, 0.4) is 0 Å². The molecule has 0 N–H and O–H groups in total. The van der Waals surface area contributed by atoms with E-state index in [1.165, 1.54) is 5.56 Å². The first-order valence-electron chi connectivity index (χ1n) is 4.21. The van der Waals surface area contributed by atoms with Gasteiger partial charge in [-0.05, 0) is 31.5 Å². The third-order valence-corrected chi connectivity index (χ3v) is 2.89. The Morgan fingerprint density at radius 1 is 1.46 bits per heavy atom. The molecule has 0 aliphatic heterocycles. The average molecular weight is 308 g/mol. The van der Waals surface area contributed by atoms with Crippen LogP contribution in [0.4, 0.5) is 0 Å². The number of hydrogen-bond donors (Lipinski definition) is 0. The molecule has 0 bridgehead atoms. The third kappa shape index (κ3) is 2.99. The van der Waals surface area contributed by atoms with Crippen molar-refractivity contribution >= 4 is 31.9 Å². The largest absolute Gasteiger partial charge is 0.494 e. The molecule has 0 aliphatic rings. The average Bonchev–Trinajstić information content (AvgIpc) is 2.04. The summed E-state index contributed by atoms with van der Waals surface area (Å²) in [7, 11) is 0. The van der Waals surface area contributed by atoms with E-state index in [-0.39, 0.29) is 0 Å². The van der Waals surface area contributed by atoms with Gasteiger partial charge in [0.1, 0.15) is 5.75 Å². The van der Waals surface area contributed by atoms with Gasteiger partial charge in [0.25, 0.3) is 0 Å². The summed E-state index contributed by atoms with van der Waals surface area (Å²) >= 11 is 7.03. The fourth-order valence-electron chi connectivity index (χ4n) is 1.09. The molecule has 13 heavy (non-hydrogen) atoms. The predicted molar refractivity (Wildman–Crippen MR) is 62.7 cm³/mol. The summed E-state index contributed by atoms with van der Waals surface area (Å²) in [5.41, 5.74) is 1.24. The molecule has 3 heteroatoms. The van der Waals surface area contributed by atoms with E-state index in [9.17, 15) is 0 Å². The highest BCUT2D eigenvalue weighted by Gasteiger charge is 2.06. The second kappa shape index (κ2) is 5.01. The van der Waals surface area contributed by atoms with Crippen LogP contribution in [-0.2, 0) is 0 Å². The van der Waals surface area contributed by atoms with Crippen LogP contribution in [0.15, 0.2) is 22.7 Å². The first-order valence-corrected chi connectivity index (χ1v) is 5.92. The van der Waals surface area contributed by atoms with Crippen molar-refractivity contribution in [2.45, 2.75) is 18.7 Å². The maximum Gasteiger partial charge on any atom is 0.120 e. The molecular weight excluding hydrogens is 296 g/mol. The minimum Gasteiger partial charge on any atom is -0.494 e. The van der Waals surface area contributed by atoms with Gasteiger partial charge in [0.05, 0.1) is 6.61 Å². The van der Waals surface area contributed by atoms with E-state index < -0.39 is 0 Å². The van der Waals surface area contributed by atoms with E-state index in [0.717, 1.165) is 10.2 Å². The third-order valence-electron chi connectivity index (χ3n) is 1.71. The van der Waals surface area contributed by atoms with Crippen LogP contribution in [-0.4, -0.2) is 6.61 Å². The van der Waals surface area contributed by atoms with Crippen LogP contribution < -0.4 is 4.74 Å². The molecule has 0 saturated carbocycles. The second-order valence-electron chi connectivity index (χ2n) is 2.73. The van der Waals surface area contributed by atoms with Crippen molar-refractivity contribution in [1.82, 2.24) is 0 Å². The molecule has 72 valence electrons. The fourth-order valence-corrected chi connectivity index (χ4v) is 2.49. The summed E-state index contributed by atoms with van der Waals surface area (Å²) in [6.45, 7) is 4.78. The zero-order chi connectivity index (χ0) is 9.84. The predicted octanol–water partition coefficient (Wildman–Crippen LogP) is 4.30. The molecule has 0 saturated heterocycles. The van der Waals surface area contributed by atoms with Crippen LogP contribution in [0.2, 0.25) is 0 Å². The van der Waals surface area contributed by atoms with Crippen molar-refractivity contribution < 1.29 is 4.74 Å². The number of rotatable bonds is 3. The van der Waals surface area contributed by atoms with E-state index in [0.29, 0.717) is 11.4 Å². The lowest BCUT2D eigenvalue weighted by atomic mass is 10.2. The molecule has 1 aromatic rings. The Morgan fingerprint density at radius 2 is 2.15 bits per heavy atom. The smallest absolute Gasteiger partial charge is 0.120 e. The minimum absolute atomic E-state index is 0.359. The van der Waals surface area contributed by atoms with Gasteiger partial charge in [-0.15, -0.1) is 0 Å². The van der Waals surface area contributed by atoms with Crippen molar-refractivity contribution in [2.24, 2.45) is 0 Å². The Labute approximate surface area is 95.7 Å². The van der Waals surface area contributed by atoms with E-state index in [1.54, 1.807) is 0 Å². The van der Waals surface area contributed by atoms with Crippen molar-refractivity contribution in [3.8, 4) is 5.75 Å². The van der Waals surface area contributed by atoms with E-state index >= 15 is 0 Å². The zero-order valence-electron chi connectivity index (χ0n) is 7.68. The molecule has 0 aliphatic carbocycles. The first kappa shape index (κ1) is 11.1. The van der Waals surface area contributed by atoms with Crippen LogP contribution >= 0.6 is 31.9 Å². The van der Waals surface area contributed by atoms with Crippen LogP contribution in [0, 0.1) is 0 Å². The summed E-state index contributed by atoms with van der Waals surface area (Å²) in [6.07, 6.45) is 0. The van der Waals surface area contributed by atoms with E-state index in [4.69, 9.17) is 4.74 Å². The number of halogens is 2. The standard InChI is InChI=1S/C10H12Br2O/c1-3-13-8-4-5-9(7(2)11)10(12)6-8/h4-7H,3H2,1-2H3. The van der Waals surface area contributed by atoms with Crippen molar-refractivity contribution in [2.75, 3.05) is 6.61 Å². The zero-order valence-corrected chi connectivity index (χ0v) is 10.9. The van der Waals surface area contributed by atoms with Crippen LogP contribution in [0.5, 0.6) is 5.75 Å². The Morgan fingerprint density at radius 3 is 2.62 bits per heavy atom. The van der Waals surface area contributed by atoms with Gasteiger partial charge >= 0.3 is 0 Å². The van der Waals surface area contributed by atoms with E-state index in [1.807, 2.05) is 19.1 Å². The van der Waals surface area contributed by atoms with Crippen molar-refractivity contribution in [3.63, 3.8) is 0 Å². The van der Waals surface area contributed by atoms with Gasteiger partial charge < -0.3 is 4.74 Å². The number of alkyl halides is 1. The Balaban J connectivity index is 2.92. The molecule has 0 amide bonds. The lowest BCUT2D eigenvalue weighted by Crippen LogP contribution is -1.93. The SMILES string of the molecule is CCOc1ccc(C(C)Br)c(Br)c1. The summed E-state index contributed by atoms with van der Waals surface area (Å²) in [6, 6.07) is 6.05. The van der Waals surface area contributed by atoms with Gasteiger partial charge in [-0.1, -0.05) is 37.9 Å². The van der Waals surface area contributed by atoms with Crippen molar-refractivity contribution in [3.05, 3.63) is 28.2 Å². The minimum atomic E-state index is 0.359. The second-order valence-corrected chi connectivity index (χ2v) is 4.96. The number of ether oxygens (including phenoxy) is 1. The maximum absolute atomic E-state index is 5.38. The van der Waals surface area contributed by atoms with Gasteiger partial charge in [-0.25, -0.2) is 0 Å². The highest BCUT2D eigenvalue weighted by molar-refractivity contribution is 9.11. The van der Waals surface area contributed by atoms with Crippen LogP contribution in [0.1, 0.15) is 24.2 Å². The molecule has 0 fully saturated rings. The fraction of sp³-hybridized carbons (Fsp3) is 0.400. The lowest BCUT2D eigenvalue weighted by molar-refractivity contribution is 0.340. The van der Waals surface area contributed by atoms with Gasteiger partial charge in [0.15, 0.2) is 0 Å². The highest BCUT2D eigenvalue weighted by Crippen LogP contribution is 2.31. The van der Waals surface area contributed by atoms with Crippen LogP contribution in [0.25, 0.3) is 0 Å². The molecule has 0 radical (unpaired) electrons.